The molecular weight excluding hydrogens is 416 g/mol. The van der Waals surface area contributed by atoms with E-state index < -0.39 is 41.3 Å². The number of carbonyl (C=O) groups is 1. The second kappa shape index (κ2) is 10.5. The Balaban J connectivity index is 1.62. The maximum Gasteiger partial charge on any atom is 0.237 e. The summed E-state index contributed by atoms with van der Waals surface area (Å²) in [6.45, 7) is 2.54. The predicted octanol–water partition coefficient (Wildman–Crippen LogP) is 0.827. The monoisotopic (exact) mass is 450 g/mol. The molecule has 1 saturated carbocycles. The van der Waals surface area contributed by atoms with Gasteiger partial charge in [0.1, 0.15) is 29.9 Å². The molecule has 2 aliphatic heterocycles. The molecule has 1 amide bonds. The van der Waals surface area contributed by atoms with Crippen LogP contribution in [0.2, 0.25) is 0 Å². The van der Waals surface area contributed by atoms with Crippen LogP contribution >= 0.6 is 23.4 Å². The number of piperidine rings is 1. The van der Waals surface area contributed by atoms with Crippen molar-refractivity contribution in [3.05, 3.63) is 0 Å². The van der Waals surface area contributed by atoms with Crippen LogP contribution in [0.15, 0.2) is 0 Å². The van der Waals surface area contributed by atoms with E-state index in [-0.39, 0.29) is 11.9 Å². The van der Waals surface area contributed by atoms with Gasteiger partial charge >= 0.3 is 0 Å². The molecule has 1 aliphatic carbocycles. The van der Waals surface area contributed by atoms with Crippen LogP contribution in [0.4, 0.5) is 0 Å². The average molecular weight is 451 g/mol. The summed E-state index contributed by atoms with van der Waals surface area (Å²) in [6, 6.07) is -0.982. The third-order valence-electron chi connectivity index (χ3n) is 6.72. The molecule has 5 N–H and O–H groups in total. The smallest absolute Gasteiger partial charge is 0.237 e. The zero-order valence-electron chi connectivity index (χ0n) is 17.2. The summed E-state index contributed by atoms with van der Waals surface area (Å²) < 4.78 is 5.82. The largest absolute Gasteiger partial charge is 0.388 e. The van der Waals surface area contributed by atoms with Gasteiger partial charge < -0.3 is 30.7 Å². The number of hydrogen-bond donors (Lipinski definition) is 5. The minimum Gasteiger partial charge on any atom is -0.388 e. The molecule has 3 aliphatic rings. The third kappa shape index (κ3) is 5.59. The van der Waals surface area contributed by atoms with Crippen molar-refractivity contribution in [2.24, 2.45) is 11.8 Å². The molecule has 2 saturated heterocycles. The Labute approximate surface area is 182 Å². The molecular formula is C20H35ClN2O5S. The normalized spacial score (nSPS) is 40.7. The molecule has 9 heteroatoms. The topological polar surface area (TPSA) is 111 Å². The van der Waals surface area contributed by atoms with Crippen molar-refractivity contribution >= 4 is 29.3 Å². The summed E-state index contributed by atoms with van der Waals surface area (Å²) in [5, 5.41) is 36.5. The molecule has 0 aromatic heterocycles. The zero-order valence-corrected chi connectivity index (χ0v) is 18.7. The molecule has 0 bridgehead atoms. The van der Waals surface area contributed by atoms with Crippen molar-refractivity contribution in [3.8, 4) is 0 Å². The van der Waals surface area contributed by atoms with Crippen LogP contribution in [0.1, 0.15) is 45.4 Å². The Bertz CT molecular complexity index is 551. The molecule has 0 radical (unpaired) electrons. The van der Waals surface area contributed by atoms with Gasteiger partial charge in [0.05, 0.1) is 17.5 Å². The number of aliphatic hydroxyl groups is 3. The number of carbonyl (C=O) groups excluding carboxylic acids is 1. The Kier molecular flexibility index (Phi) is 8.52. The first kappa shape index (κ1) is 23.6. The fourth-order valence-electron chi connectivity index (χ4n) is 4.70. The van der Waals surface area contributed by atoms with E-state index in [4.69, 9.17) is 16.3 Å². The van der Waals surface area contributed by atoms with E-state index in [0.29, 0.717) is 5.92 Å². The van der Waals surface area contributed by atoms with Crippen molar-refractivity contribution in [2.75, 3.05) is 12.8 Å². The first-order valence-electron chi connectivity index (χ1n) is 10.7. The number of nitrogens with one attached hydrogen (secondary N) is 2. The lowest BCUT2D eigenvalue weighted by atomic mass is 9.75. The second-order valence-corrected chi connectivity index (χ2v) is 10.4. The summed E-state index contributed by atoms with van der Waals surface area (Å²) >= 11 is 7.59. The fraction of sp³-hybridized carbons (Fsp3) is 0.950. The number of alkyl halides is 1. The Morgan fingerprint density at radius 2 is 1.93 bits per heavy atom. The number of aliphatic hydroxyl groups excluding tert-OH is 3. The number of ether oxygens (including phenoxy) is 1. The standard InChI is InChI=1S/C20H35ClN2O5S/c1-10(21)14(18-16(25)15(24)17(26)20(28-18)29-2)23-19(27)13-9-12(6-7-22-13)8-11-4-3-5-11/h10-18,20,22,24-26H,3-9H2,1-2H3,(H,23,27). The van der Waals surface area contributed by atoms with Gasteiger partial charge in [-0.1, -0.05) is 19.3 Å². The van der Waals surface area contributed by atoms with Gasteiger partial charge in [-0.25, -0.2) is 0 Å². The van der Waals surface area contributed by atoms with Crippen LogP contribution in [0.5, 0.6) is 0 Å². The molecule has 0 aromatic carbocycles. The van der Waals surface area contributed by atoms with E-state index in [1.54, 1.807) is 13.2 Å². The third-order valence-corrected chi connectivity index (χ3v) is 7.84. The van der Waals surface area contributed by atoms with E-state index in [2.05, 4.69) is 10.6 Å². The molecule has 7 nitrogen and oxygen atoms in total. The quantitative estimate of drug-likeness (QED) is 0.365. The highest BCUT2D eigenvalue weighted by molar-refractivity contribution is 7.99. The van der Waals surface area contributed by atoms with Gasteiger partial charge in [-0.15, -0.1) is 23.4 Å². The number of halogens is 1. The highest BCUT2D eigenvalue weighted by atomic mass is 35.5. The number of thioether (sulfide) groups is 1. The highest BCUT2D eigenvalue weighted by Gasteiger charge is 2.48. The minimum atomic E-state index is -1.36. The van der Waals surface area contributed by atoms with Crippen molar-refractivity contribution in [1.82, 2.24) is 10.6 Å². The zero-order chi connectivity index (χ0) is 21.1. The van der Waals surface area contributed by atoms with E-state index in [0.717, 1.165) is 25.3 Å². The van der Waals surface area contributed by atoms with Crippen molar-refractivity contribution < 1.29 is 24.9 Å². The first-order valence-corrected chi connectivity index (χ1v) is 12.4. The predicted molar refractivity (Wildman–Crippen MR) is 114 cm³/mol. The van der Waals surface area contributed by atoms with Crippen LogP contribution in [-0.4, -0.2) is 81.3 Å². The minimum absolute atomic E-state index is 0.155. The van der Waals surface area contributed by atoms with Gasteiger partial charge in [-0.2, -0.15) is 0 Å². The molecule has 9 atom stereocenters. The Morgan fingerprint density at radius 3 is 2.52 bits per heavy atom. The molecule has 0 spiro atoms. The van der Waals surface area contributed by atoms with Crippen molar-refractivity contribution in [2.45, 2.75) is 92.8 Å². The lowest BCUT2D eigenvalue weighted by molar-refractivity contribution is -0.205. The molecule has 0 aromatic rings. The second-order valence-electron chi connectivity index (χ2n) is 8.82. The van der Waals surface area contributed by atoms with Crippen LogP contribution in [0.25, 0.3) is 0 Å². The summed E-state index contributed by atoms with van der Waals surface area (Å²) in [6.07, 6.45) is 3.99. The highest BCUT2D eigenvalue weighted by Crippen LogP contribution is 2.35. The van der Waals surface area contributed by atoms with Crippen molar-refractivity contribution in [1.29, 1.82) is 0 Å². The summed E-state index contributed by atoms with van der Waals surface area (Å²) in [7, 11) is 0. The molecule has 3 fully saturated rings. The maximum absolute atomic E-state index is 13.0. The molecule has 29 heavy (non-hydrogen) atoms. The van der Waals surface area contributed by atoms with Gasteiger partial charge in [0.2, 0.25) is 5.91 Å². The van der Waals surface area contributed by atoms with Crippen LogP contribution < -0.4 is 10.6 Å². The Morgan fingerprint density at radius 1 is 1.21 bits per heavy atom. The van der Waals surface area contributed by atoms with E-state index in [9.17, 15) is 20.1 Å². The maximum atomic E-state index is 13.0. The van der Waals surface area contributed by atoms with Gasteiger partial charge in [-0.05, 0) is 50.8 Å². The first-order chi connectivity index (χ1) is 13.8. The van der Waals surface area contributed by atoms with E-state index in [1.165, 1.54) is 37.4 Å². The van der Waals surface area contributed by atoms with Gasteiger partial charge in [0.15, 0.2) is 0 Å². The number of rotatable bonds is 7. The summed E-state index contributed by atoms with van der Waals surface area (Å²) in [4.78, 5) is 13.0. The summed E-state index contributed by atoms with van der Waals surface area (Å²) in [5.41, 5.74) is -0.701. The van der Waals surface area contributed by atoms with Gasteiger partial charge in [0, 0.05) is 0 Å². The van der Waals surface area contributed by atoms with E-state index in [1.807, 2.05) is 0 Å². The van der Waals surface area contributed by atoms with Crippen LogP contribution in [0.3, 0.4) is 0 Å². The van der Waals surface area contributed by atoms with Crippen LogP contribution in [-0.2, 0) is 9.53 Å². The molecule has 9 unspecified atom stereocenters. The lowest BCUT2D eigenvalue weighted by Crippen LogP contribution is -2.65. The van der Waals surface area contributed by atoms with E-state index >= 15 is 0 Å². The molecule has 3 rings (SSSR count). The van der Waals surface area contributed by atoms with Gasteiger partial charge in [-0.3, -0.25) is 4.79 Å². The molecule has 168 valence electrons. The van der Waals surface area contributed by atoms with Crippen molar-refractivity contribution in [3.63, 3.8) is 0 Å². The summed E-state index contributed by atoms with van der Waals surface area (Å²) in [5.74, 6) is 1.22. The average Bonchev–Trinajstić information content (AvgIpc) is 2.68. The van der Waals surface area contributed by atoms with Crippen LogP contribution in [0, 0.1) is 11.8 Å². The fourth-order valence-corrected chi connectivity index (χ4v) is 5.58. The van der Waals surface area contributed by atoms with Gasteiger partial charge in [0.25, 0.3) is 0 Å². The molecule has 2 heterocycles. The lowest BCUT2D eigenvalue weighted by Gasteiger charge is -2.44. The Hall–Kier alpha value is -0.0900. The number of amides is 1. The number of hydrogen-bond acceptors (Lipinski definition) is 7. The SMILES string of the molecule is CSC1OC(C(NC(=O)C2CC(CC3CCC3)CCN2)C(C)Cl)C(O)C(O)C1O.